The number of nitrogen functional groups attached to an aromatic ring is 1. The molecule has 0 radical (unpaired) electrons. The van der Waals surface area contributed by atoms with Gasteiger partial charge in [-0.25, -0.2) is 9.97 Å². The van der Waals surface area contributed by atoms with Crippen LogP contribution >= 0.6 is 0 Å². The molecule has 0 aliphatic carbocycles. The molecular weight excluding hydrogens is 390 g/mol. The molecule has 0 aliphatic rings. The van der Waals surface area contributed by atoms with E-state index >= 15 is 0 Å². The van der Waals surface area contributed by atoms with Crippen molar-refractivity contribution in [1.82, 2.24) is 40.1 Å². The van der Waals surface area contributed by atoms with Crippen molar-refractivity contribution in [2.24, 2.45) is 0 Å². The van der Waals surface area contributed by atoms with Crippen molar-refractivity contribution in [1.29, 1.82) is 0 Å². The van der Waals surface area contributed by atoms with Gasteiger partial charge in [0.1, 0.15) is 5.69 Å². The lowest BCUT2D eigenvalue weighted by atomic mass is 10.1. The second kappa shape index (κ2) is 6.70. The highest BCUT2D eigenvalue weighted by atomic mass is 15.2. The van der Waals surface area contributed by atoms with Crippen molar-refractivity contribution in [3.63, 3.8) is 0 Å². The normalized spacial score (nSPS) is 11.4. The third-order valence-electron chi connectivity index (χ3n) is 5.12. The number of anilines is 1. The zero-order chi connectivity index (χ0) is 20.8. The number of pyridine rings is 4. The van der Waals surface area contributed by atoms with Gasteiger partial charge in [0.2, 0.25) is 0 Å². The first kappa shape index (κ1) is 17.2. The summed E-state index contributed by atoms with van der Waals surface area (Å²) in [4.78, 5) is 25.3. The van der Waals surface area contributed by atoms with Crippen LogP contribution in [0.1, 0.15) is 0 Å². The minimum absolute atomic E-state index is 0.596. The summed E-state index contributed by atoms with van der Waals surface area (Å²) in [7, 11) is 0. The SMILES string of the molecule is Nc1cncc(-c2cnc3n[nH]c(-c4nc5c(-c6ccncc6)cncc5[nH]4)c3c2)c1. The van der Waals surface area contributed by atoms with Crippen LogP contribution in [0.3, 0.4) is 0 Å². The lowest BCUT2D eigenvalue weighted by molar-refractivity contribution is 1.09. The van der Waals surface area contributed by atoms with E-state index in [1.807, 2.05) is 24.3 Å². The molecule has 0 bridgehead atoms. The summed E-state index contributed by atoms with van der Waals surface area (Å²) in [6.07, 6.45) is 12.2. The molecular formula is C22H15N9. The first-order chi connectivity index (χ1) is 15.3. The second-order valence-electron chi connectivity index (χ2n) is 7.11. The van der Waals surface area contributed by atoms with E-state index in [1.54, 1.807) is 43.4 Å². The lowest BCUT2D eigenvalue weighted by Gasteiger charge is -2.02. The van der Waals surface area contributed by atoms with Crippen molar-refractivity contribution in [2.45, 2.75) is 0 Å². The number of aromatic nitrogens is 8. The van der Waals surface area contributed by atoms with Gasteiger partial charge in [0, 0.05) is 53.9 Å². The molecule has 0 saturated carbocycles. The number of nitrogens with two attached hydrogens (primary N) is 1. The van der Waals surface area contributed by atoms with Gasteiger partial charge in [0.15, 0.2) is 11.5 Å². The van der Waals surface area contributed by atoms with Gasteiger partial charge in [0.25, 0.3) is 0 Å². The van der Waals surface area contributed by atoms with Crippen LogP contribution in [0.2, 0.25) is 0 Å². The first-order valence-electron chi connectivity index (χ1n) is 9.56. The number of fused-ring (bicyclic) bond motifs is 2. The van der Waals surface area contributed by atoms with Gasteiger partial charge >= 0.3 is 0 Å². The van der Waals surface area contributed by atoms with E-state index in [-0.39, 0.29) is 0 Å². The van der Waals surface area contributed by atoms with E-state index in [4.69, 9.17) is 10.7 Å². The molecule has 0 aliphatic heterocycles. The maximum Gasteiger partial charge on any atom is 0.181 e. The number of hydrogen-bond donors (Lipinski definition) is 3. The van der Waals surface area contributed by atoms with Gasteiger partial charge in [-0.05, 0) is 29.8 Å². The predicted octanol–water partition coefficient (Wildman–Crippen LogP) is 3.60. The average Bonchev–Trinajstić information content (AvgIpc) is 3.43. The van der Waals surface area contributed by atoms with Crippen LogP contribution in [0.15, 0.2) is 67.6 Å². The van der Waals surface area contributed by atoms with E-state index in [0.29, 0.717) is 17.2 Å². The molecule has 0 unspecified atom stereocenters. The minimum Gasteiger partial charge on any atom is -0.397 e. The standard InChI is InChI=1S/C22H15N9/c23-15-5-13(7-25-9-15)14-6-16-20(30-31-21(16)27-8-14)22-28-18-11-26-10-17(19(18)29-22)12-1-3-24-4-2-12/h1-11H,23H2,(H,28,29)(H,27,30,31). The van der Waals surface area contributed by atoms with Gasteiger partial charge in [-0.1, -0.05) is 0 Å². The number of rotatable bonds is 3. The smallest absolute Gasteiger partial charge is 0.181 e. The first-order valence-corrected chi connectivity index (χ1v) is 9.56. The number of nitrogens with zero attached hydrogens (tertiary/aromatic N) is 6. The summed E-state index contributed by atoms with van der Waals surface area (Å²) < 4.78 is 0. The highest BCUT2D eigenvalue weighted by molar-refractivity contribution is 5.96. The quantitative estimate of drug-likeness (QED) is 0.409. The van der Waals surface area contributed by atoms with Gasteiger partial charge in [-0.15, -0.1) is 0 Å². The zero-order valence-corrected chi connectivity index (χ0v) is 16.1. The Bertz CT molecular complexity index is 1550. The monoisotopic (exact) mass is 405 g/mol. The van der Waals surface area contributed by atoms with E-state index in [9.17, 15) is 0 Å². The molecule has 0 aromatic carbocycles. The highest BCUT2D eigenvalue weighted by Crippen LogP contribution is 2.31. The van der Waals surface area contributed by atoms with Crippen molar-refractivity contribution >= 4 is 27.8 Å². The van der Waals surface area contributed by atoms with Gasteiger partial charge in [-0.2, -0.15) is 5.10 Å². The van der Waals surface area contributed by atoms with Crippen molar-refractivity contribution in [3.05, 3.63) is 67.6 Å². The highest BCUT2D eigenvalue weighted by Gasteiger charge is 2.16. The van der Waals surface area contributed by atoms with Crippen molar-refractivity contribution in [3.8, 4) is 33.8 Å². The third kappa shape index (κ3) is 2.87. The molecule has 0 amide bonds. The van der Waals surface area contributed by atoms with Crippen LogP contribution in [0.25, 0.3) is 55.8 Å². The number of imidazole rings is 1. The van der Waals surface area contributed by atoms with E-state index < -0.39 is 0 Å². The number of H-pyrrole nitrogens is 2. The maximum atomic E-state index is 5.89. The Hall–Kier alpha value is -4.66. The Morgan fingerprint density at radius 1 is 0.806 bits per heavy atom. The molecule has 6 rings (SSSR count). The predicted molar refractivity (Wildman–Crippen MR) is 118 cm³/mol. The topological polar surface area (TPSA) is 135 Å². The molecule has 4 N–H and O–H groups in total. The summed E-state index contributed by atoms with van der Waals surface area (Å²) in [5.74, 6) is 0.658. The summed E-state index contributed by atoms with van der Waals surface area (Å²) in [6.45, 7) is 0. The number of aromatic amines is 2. The van der Waals surface area contributed by atoms with Gasteiger partial charge < -0.3 is 10.7 Å². The summed E-state index contributed by atoms with van der Waals surface area (Å²) in [6, 6.07) is 7.74. The Balaban J connectivity index is 1.51. The molecule has 9 nitrogen and oxygen atoms in total. The van der Waals surface area contributed by atoms with Crippen LogP contribution < -0.4 is 5.73 Å². The molecule has 148 valence electrons. The van der Waals surface area contributed by atoms with E-state index in [0.717, 1.165) is 44.4 Å². The Morgan fingerprint density at radius 2 is 1.65 bits per heavy atom. The van der Waals surface area contributed by atoms with Crippen LogP contribution in [0.5, 0.6) is 0 Å². The maximum absolute atomic E-state index is 5.89. The fourth-order valence-electron chi connectivity index (χ4n) is 3.65. The van der Waals surface area contributed by atoms with Gasteiger partial charge in [0.05, 0.1) is 28.3 Å². The zero-order valence-electron chi connectivity index (χ0n) is 16.1. The average molecular weight is 405 g/mol. The molecule has 0 fully saturated rings. The van der Waals surface area contributed by atoms with Crippen LogP contribution in [-0.2, 0) is 0 Å². The molecule has 6 aromatic rings. The van der Waals surface area contributed by atoms with E-state index in [1.165, 1.54) is 0 Å². The molecule has 6 aromatic heterocycles. The summed E-state index contributed by atoms with van der Waals surface area (Å²) in [5, 5.41) is 8.25. The molecule has 6 heterocycles. The Kier molecular flexibility index (Phi) is 3.72. The number of hydrogen-bond acceptors (Lipinski definition) is 7. The number of nitrogens with one attached hydrogen (secondary N) is 2. The third-order valence-corrected chi connectivity index (χ3v) is 5.12. The molecule has 31 heavy (non-hydrogen) atoms. The Morgan fingerprint density at radius 3 is 2.52 bits per heavy atom. The summed E-state index contributed by atoms with van der Waals surface area (Å²) in [5.41, 5.74) is 13.2. The summed E-state index contributed by atoms with van der Waals surface area (Å²) >= 11 is 0. The van der Waals surface area contributed by atoms with E-state index in [2.05, 4.69) is 35.1 Å². The minimum atomic E-state index is 0.596. The van der Waals surface area contributed by atoms with Crippen LogP contribution in [0, 0.1) is 0 Å². The van der Waals surface area contributed by atoms with Crippen LogP contribution in [0.4, 0.5) is 5.69 Å². The Labute approximate surface area is 175 Å². The van der Waals surface area contributed by atoms with Crippen molar-refractivity contribution < 1.29 is 0 Å². The van der Waals surface area contributed by atoms with Crippen molar-refractivity contribution in [2.75, 3.05) is 5.73 Å². The largest absolute Gasteiger partial charge is 0.397 e. The lowest BCUT2D eigenvalue weighted by Crippen LogP contribution is -1.89. The molecule has 0 atom stereocenters. The van der Waals surface area contributed by atoms with Crippen LogP contribution in [-0.4, -0.2) is 40.1 Å². The molecule has 9 heteroatoms. The van der Waals surface area contributed by atoms with Gasteiger partial charge in [-0.3, -0.25) is 20.1 Å². The second-order valence-corrected chi connectivity index (χ2v) is 7.11. The fraction of sp³-hybridized carbons (Fsp3) is 0. The fourth-order valence-corrected chi connectivity index (χ4v) is 3.65. The molecule has 0 saturated heterocycles. The molecule has 0 spiro atoms.